The predicted octanol–water partition coefficient (Wildman–Crippen LogP) is 6.30. The van der Waals surface area contributed by atoms with Gasteiger partial charge in [-0.1, -0.05) is 12.8 Å². The van der Waals surface area contributed by atoms with Crippen molar-refractivity contribution in [2.45, 2.75) is 51.0 Å². The van der Waals surface area contributed by atoms with E-state index >= 15 is 0 Å². The summed E-state index contributed by atoms with van der Waals surface area (Å²) in [6, 6.07) is 18.9. The molecule has 0 radical (unpaired) electrons. The maximum absolute atomic E-state index is 9.10. The van der Waals surface area contributed by atoms with E-state index in [9.17, 15) is 0 Å². The highest BCUT2D eigenvalue weighted by Crippen LogP contribution is 2.35. The van der Waals surface area contributed by atoms with Crippen LogP contribution in [0.25, 0.3) is 11.1 Å². The first kappa shape index (κ1) is 24.1. The predicted molar refractivity (Wildman–Crippen MR) is 144 cm³/mol. The van der Waals surface area contributed by atoms with Crippen molar-refractivity contribution in [3.8, 4) is 23.1 Å². The average molecular weight is 482 g/mol. The Bertz CT molecular complexity index is 1170. The third-order valence-corrected chi connectivity index (χ3v) is 7.80. The molecule has 2 aliphatic rings. The molecule has 6 nitrogen and oxygen atoms in total. The molecule has 3 atom stereocenters. The highest BCUT2D eigenvalue weighted by molar-refractivity contribution is 5.65. The van der Waals surface area contributed by atoms with Crippen molar-refractivity contribution in [2.75, 3.05) is 30.4 Å². The Hall–Kier alpha value is -3.59. The summed E-state index contributed by atoms with van der Waals surface area (Å²) in [5, 5.41) is 12.9. The molecule has 36 heavy (non-hydrogen) atoms. The number of pyridine rings is 2. The molecule has 186 valence electrons. The fourth-order valence-electron chi connectivity index (χ4n) is 5.90. The second-order valence-electron chi connectivity index (χ2n) is 10.2. The summed E-state index contributed by atoms with van der Waals surface area (Å²) in [4.78, 5) is 11.5. The Morgan fingerprint density at radius 2 is 1.86 bits per heavy atom. The Morgan fingerprint density at radius 1 is 1.00 bits per heavy atom. The van der Waals surface area contributed by atoms with Crippen LogP contribution in [0.2, 0.25) is 0 Å². The molecule has 5 rings (SSSR count). The van der Waals surface area contributed by atoms with Gasteiger partial charge in [-0.2, -0.15) is 5.26 Å². The molecule has 1 aromatic carbocycles. The second-order valence-corrected chi connectivity index (χ2v) is 10.2. The molecule has 2 fully saturated rings. The van der Waals surface area contributed by atoms with Gasteiger partial charge >= 0.3 is 0 Å². The van der Waals surface area contributed by atoms with Crippen LogP contribution in [-0.4, -0.2) is 36.2 Å². The van der Waals surface area contributed by atoms with E-state index in [0.717, 1.165) is 35.6 Å². The zero-order chi connectivity index (χ0) is 24.7. The summed E-state index contributed by atoms with van der Waals surface area (Å²) in [5.41, 5.74) is 4.14. The van der Waals surface area contributed by atoms with E-state index < -0.39 is 0 Å². The molecule has 3 heterocycles. The lowest BCUT2D eigenvalue weighted by molar-refractivity contribution is 0.247. The van der Waals surface area contributed by atoms with Crippen LogP contribution in [0.1, 0.15) is 50.5 Å². The Kier molecular flexibility index (Phi) is 7.66. The van der Waals surface area contributed by atoms with Crippen molar-refractivity contribution >= 4 is 11.5 Å². The van der Waals surface area contributed by atoms with Crippen LogP contribution in [-0.2, 0) is 0 Å². The van der Waals surface area contributed by atoms with Crippen molar-refractivity contribution < 1.29 is 4.74 Å². The number of nitriles is 1. The minimum atomic E-state index is 0.459. The van der Waals surface area contributed by atoms with Crippen LogP contribution >= 0.6 is 0 Å². The SMILES string of the molecule is COc1ccc(-c2ccnc(N[C@@H]3CCCC[C@H]3C[C@H]3CCCN(c4ccc(C#N)cc4)C3)c2)cn1. The summed E-state index contributed by atoms with van der Waals surface area (Å²) >= 11 is 0. The summed E-state index contributed by atoms with van der Waals surface area (Å²) in [6.07, 6.45) is 12.6. The first-order valence-electron chi connectivity index (χ1n) is 13.2. The third-order valence-electron chi connectivity index (χ3n) is 7.80. The minimum Gasteiger partial charge on any atom is -0.481 e. The van der Waals surface area contributed by atoms with Gasteiger partial charge in [0.25, 0.3) is 0 Å². The van der Waals surface area contributed by atoms with Gasteiger partial charge in [0.2, 0.25) is 5.88 Å². The van der Waals surface area contributed by atoms with Gasteiger partial charge in [0.15, 0.2) is 0 Å². The molecule has 0 amide bonds. The summed E-state index contributed by atoms with van der Waals surface area (Å²) < 4.78 is 5.19. The van der Waals surface area contributed by atoms with Crippen molar-refractivity contribution in [3.05, 3.63) is 66.5 Å². The zero-order valence-corrected chi connectivity index (χ0v) is 21.1. The van der Waals surface area contributed by atoms with Gasteiger partial charge in [-0.25, -0.2) is 9.97 Å². The number of methoxy groups -OCH3 is 1. The number of nitrogens with zero attached hydrogens (tertiary/aromatic N) is 4. The lowest BCUT2D eigenvalue weighted by Gasteiger charge is -2.39. The van der Waals surface area contributed by atoms with E-state index in [1.165, 1.54) is 50.6 Å². The van der Waals surface area contributed by atoms with Gasteiger partial charge in [0.05, 0.1) is 18.7 Å². The van der Waals surface area contributed by atoms with E-state index in [2.05, 4.69) is 44.5 Å². The van der Waals surface area contributed by atoms with Gasteiger partial charge in [-0.3, -0.25) is 0 Å². The molecule has 0 bridgehead atoms. The van der Waals surface area contributed by atoms with Crippen LogP contribution in [0.5, 0.6) is 5.88 Å². The monoisotopic (exact) mass is 481 g/mol. The molecule has 1 N–H and O–H groups in total. The number of ether oxygens (including phenoxy) is 1. The average Bonchev–Trinajstić information content (AvgIpc) is 2.94. The second kappa shape index (κ2) is 11.4. The van der Waals surface area contributed by atoms with Crippen molar-refractivity contribution in [3.63, 3.8) is 0 Å². The van der Waals surface area contributed by atoms with Gasteiger partial charge in [-0.05, 0) is 92.0 Å². The molecule has 1 aliphatic carbocycles. The van der Waals surface area contributed by atoms with Gasteiger partial charge in [-0.15, -0.1) is 0 Å². The van der Waals surface area contributed by atoms with E-state index in [4.69, 9.17) is 10.00 Å². The molecular formula is C30H35N5O. The number of anilines is 2. The number of hydrogen-bond donors (Lipinski definition) is 1. The van der Waals surface area contributed by atoms with Crippen LogP contribution in [0.3, 0.4) is 0 Å². The third kappa shape index (κ3) is 5.79. The smallest absolute Gasteiger partial charge is 0.212 e. The Balaban J connectivity index is 1.23. The molecule has 1 saturated carbocycles. The van der Waals surface area contributed by atoms with Gasteiger partial charge in [0, 0.05) is 48.8 Å². The quantitative estimate of drug-likeness (QED) is 0.427. The highest BCUT2D eigenvalue weighted by Gasteiger charge is 2.30. The van der Waals surface area contributed by atoms with E-state index in [1.807, 2.05) is 42.7 Å². The first-order valence-corrected chi connectivity index (χ1v) is 13.2. The molecular weight excluding hydrogens is 446 g/mol. The van der Waals surface area contributed by atoms with Crippen molar-refractivity contribution in [2.24, 2.45) is 11.8 Å². The van der Waals surface area contributed by atoms with Crippen LogP contribution in [0, 0.1) is 23.2 Å². The number of nitrogens with one attached hydrogen (secondary N) is 1. The van der Waals surface area contributed by atoms with Gasteiger partial charge in [0.1, 0.15) is 5.82 Å². The van der Waals surface area contributed by atoms with E-state index in [1.54, 1.807) is 7.11 Å². The molecule has 6 heteroatoms. The molecule has 1 saturated heterocycles. The van der Waals surface area contributed by atoms with Gasteiger partial charge < -0.3 is 15.0 Å². The lowest BCUT2D eigenvalue weighted by Crippen LogP contribution is -2.39. The summed E-state index contributed by atoms with van der Waals surface area (Å²) in [6.45, 7) is 2.21. The number of rotatable bonds is 7. The maximum atomic E-state index is 9.10. The number of benzene rings is 1. The minimum absolute atomic E-state index is 0.459. The Labute approximate surface area is 214 Å². The van der Waals surface area contributed by atoms with E-state index in [-0.39, 0.29) is 0 Å². The van der Waals surface area contributed by atoms with E-state index in [0.29, 0.717) is 23.8 Å². The van der Waals surface area contributed by atoms with Crippen LogP contribution in [0.4, 0.5) is 11.5 Å². The van der Waals surface area contributed by atoms with Crippen molar-refractivity contribution in [1.82, 2.24) is 9.97 Å². The summed E-state index contributed by atoms with van der Waals surface area (Å²) in [7, 11) is 1.63. The standard InChI is InChI=1S/C30H35N5O/c1-36-30-13-10-26(20-33-30)24-14-15-32-29(18-24)34-28-7-3-2-6-25(28)17-23-5-4-16-35(21-23)27-11-8-22(19-31)9-12-27/h8-15,18,20,23,25,28H,2-7,16-17,21H2,1H3,(H,32,34)/t23-,25+,28-/m1/s1. The fraction of sp³-hybridized carbons (Fsp3) is 0.433. The molecule has 1 aliphatic heterocycles. The largest absolute Gasteiger partial charge is 0.481 e. The maximum Gasteiger partial charge on any atom is 0.212 e. The topological polar surface area (TPSA) is 74.1 Å². The molecule has 2 aromatic heterocycles. The first-order chi connectivity index (χ1) is 17.7. The normalized spacial score (nSPS) is 22.0. The molecule has 0 unspecified atom stereocenters. The lowest BCUT2D eigenvalue weighted by atomic mass is 9.77. The fourth-order valence-corrected chi connectivity index (χ4v) is 5.90. The van der Waals surface area contributed by atoms with Crippen molar-refractivity contribution in [1.29, 1.82) is 5.26 Å². The number of piperidine rings is 1. The summed E-state index contributed by atoms with van der Waals surface area (Å²) in [5.74, 6) is 2.93. The number of hydrogen-bond acceptors (Lipinski definition) is 6. The highest BCUT2D eigenvalue weighted by atomic mass is 16.5. The van der Waals surface area contributed by atoms with Crippen LogP contribution < -0.4 is 15.0 Å². The molecule has 3 aromatic rings. The number of aromatic nitrogens is 2. The Morgan fingerprint density at radius 3 is 2.64 bits per heavy atom. The molecule has 0 spiro atoms. The van der Waals surface area contributed by atoms with Crippen LogP contribution in [0.15, 0.2) is 60.9 Å². The zero-order valence-electron chi connectivity index (χ0n) is 21.1.